The van der Waals surface area contributed by atoms with Gasteiger partial charge in [0.2, 0.25) is 5.43 Å². The van der Waals surface area contributed by atoms with Crippen LogP contribution in [0.25, 0.3) is 10.5 Å². The summed E-state index contributed by atoms with van der Waals surface area (Å²) >= 11 is 0. The van der Waals surface area contributed by atoms with Crippen molar-refractivity contribution in [2.24, 2.45) is 0 Å². The molecule has 23 heavy (non-hydrogen) atoms. The molecule has 5 nitrogen and oxygen atoms in total. The first-order chi connectivity index (χ1) is 11.2. The second-order valence-electron chi connectivity index (χ2n) is 5.12. The summed E-state index contributed by atoms with van der Waals surface area (Å²) in [6, 6.07) is 16.0. The van der Waals surface area contributed by atoms with Crippen molar-refractivity contribution in [3.8, 4) is 5.69 Å². The van der Waals surface area contributed by atoms with Gasteiger partial charge < -0.3 is 5.73 Å². The zero-order valence-electron chi connectivity index (χ0n) is 12.3. The molecule has 0 bridgehead atoms. The zero-order chi connectivity index (χ0) is 16.2. The minimum atomic E-state index is -0.120. The number of benzene rings is 2. The third-order valence-electron chi connectivity index (χ3n) is 3.43. The molecule has 1 aromatic heterocycles. The Morgan fingerprint density at radius 1 is 1.13 bits per heavy atom. The first kappa shape index (κ1) is 14.5. The van der Waals surface area contributed by atoms with Gasteiger partial charge in [0, 0.05) is 24.4 Å². The lowest BCUT2D eigenvalue weighted by Gasteiger charge is -2.08. The lowest BCUT2D eigenvalue weighted by Crippen LogP contribution is -2.16. The highest BCUT2D eigenvalue weighted by molar-refractivity contribution is 5.51. The summed E-state index contributed by atoms with van der Waals surface area (Å²) in [5.41, 5.74) is 8.95. The van der Waals surface area contributed by atoms with Crippen molar-refractivity contribution in [2.75, 3.05) is 5.73 Å². The van der Waals surface area contributed by atoms with Crippen LogP contribution in [0.2, 0.25) is 0 Å². The second-order valence-corrected chi connectivity index (χ2v) is 5.12. The number of nitrogens with zero attached hydrogens (tertiary/aromatic N) is 3. The Hall–Kier alpha value is -3.39. The SMILES string of the molecule is [C-]#[N+]c1cccc(-n2ccc(=O)c(Cc3cccc(N)c3)n2)c1. The summed E-state index contributed by atoms with van der Waals surface area (Å²) in [7, 11) is 0. The lowest BCUT2D eigenvalue weighted by molar-refractivity contribution is 0.792. The standard InChI is InChI=1S/C18H14N4O/c1-20-15-6-3-7-16(12-15)22-9-8-18(23)17(21-22)11-13-4-2-5-14(19)10-13/h2-10,12H,11,19H2. The number of rotatable bonds is 3. The van der Waals surface area contributed by atoms with Crippen LogP contribution in [-0.2, 0) is 6.42 Å². The summed E-state index contributed by atoms with van der Waals surface area (Å²) in [6.45, 7) is 7.08. The number of anilines is 1. The fourth-order valence-electron chi connectivity index (χ4n) is 2.31. The van der Waals surface area contributed by atoms with Gasteiger partial charge in [-0.3, -0.25) is 4.79 Å². The normalized spacial score (nSPS) is 10.2. The third-order valence-corrected chi connectivity index (χ3v) is 3.43. The largest absolute Gasteiger partial charge is 0.399 e. The minimum Gasteiger partial charge on any atom is -0.399 e. The van der Waals surface area contributed by atoms with Crippen molar-refractivity contribution in [3.05, 3.63) is 93.7 Å². The molecule has 0 radical (unpaired) electrons. The van der Waals surface area contributed by atoms with Gasteiger partial charge in [-0.05, 0) is 29.8 Å². The van der Waals surface area contributed by atoms with Gasteiger partial charge in [-0.15, -0.1) is 0 Å². The van der Waals surface area contributed by atoms with E-state index in [1.807, 2.05) is 24.3 Å². The molecule has 112 valence electrons. The summed E-state index contributed by atoms with van der Waals surface area (Å²) in [5.74, 6) is 0. The van der Waals surface area contributed by atoms with Crippen molar-refractivity contribution in [2.45, 2.75) is 6.42 Å². The first-order valence-corrected chi connectivity index (χ1v) is 7.07. The summed E-state index contributed by atoms with van der Waals surface area (Å²) in [6.07, 6.45) is 2.02. The van der Waals surface area contributed by atoms with Gasteiger partial charge in [-0.25, -0.2) is 9.53 Å². The molecule has 3 aromatic rings. The molecule has 0 aliphatic carbocycles. The van der Waals surface area contributed by atoms with Gasteiger partial charge in [0.15, 0.2) is 5.69 Å². The first-order valence-electron chi connectivity index (χ1n) is 7.07. The maximum absolute atomic E-state index is 12.1. The molecule has 0 aliphatic heterocycles. The van der Waals surface area contributed by atoms with Crippen molar-refractivity contribution in [1.82, 2.24) is 9.78 Å². The zero-order valence-corrected chi connectivity index (χ0v) is 12.3. The Labute approximate surface area is 133 Å². The highest BCUT2D eigenvalue weighted by Gasteiger charge is 2.06. The van der Waals surface area contributed by atoms with E-state index < -0.39 is 0 Å². The van der Waals surface area contributed by atoms with E-state index in [4.69, 9.17) is 12.3 Å². The van der Waals surface area contributed by atoms with E-state index in [2.05, 4.69) is 9.94 Å². The van der Waals surface area contributed by atoms with Crippen LogP contribution in [0.3, 0.4) is 0 Å². The number of nitrogen functional groups attached to an aromatic ring is 1. The maximum atomic E-state index is 12.1. The Balaban J connectivity index is 1.99. The van der Waals surface area contributed by atoms with Crippen LogP contribution in [0.1, 0.15) is 11.3 Å². The number of hydrogen-bond donors (Lipinski definition) is 1. The van der Waals surface area contributed by atoms with Crippen molar-refractivity contribution >= 4 is 11.4 Å². The molecule has 2 aromatic carbocycles. The maximum Gasteiger partial charge on any atom is 0.203 e. The molecule has 0 unspecified atom stereocenters. The van der Waals surface area contributed by atoms with Gasteiger partial charge in [0.1, 0.15) is 5.69 Å². The average molecular weight is 302 g/mol. The molecule has 5 heteroatoms. The summed E-state index contributed by atoms with van der Waals surface area (Å²) < 4.78 is 1.61. The predicted molar refractivity (Wildman–Crippen MR) is 89.8 cm³/mol. The van der Waals surface area contributed by atoms with Crippen LogP contribution in [0.15, 0.2) is 65.6 Å². The topological polar surface area (TPSA) is 65.3 Å². The molecular weight excluding hydrogens is 288 g/mol. The number of hydrogen-bond acceptors (Lipinski definition) is 3. The van der Waals surface area contributed by atoms with Gasteiger partial charge in [0.25, 0.3) is 0 Å². The average Bonchev–Trinajstić information content (AvgIpc) is 2.57. The van der Waals surface area contributed by atoms with Gasteiger partial charge in [0.05, 0.1) is 12.3 Å². The lowest BCUT2D eigenvalue weighted by atomic mass is 10.1. The number of nitrogens with two attached hydrogens (primary N) is 1. The van der Waals surface area contributed by atoms with Crippen LogP contribution in [-0.4, -0.2) is 9.78 Å². The quantitative estimate of drug-likeness (QED) is 0.597. The van der Waals surface area contributed by atoms with E-state index in [9.17, 15) is 4.79 Å². The van der Waals surface area contributed by atoms with Gasteiger partial charge >= 0.3 is 0 Å². The van der Waals surface area contributed by atoms with E-state index >= 15 is 0 Å². The molecule has 0 saturated heterocycles. The van der Waals surface area contributed by atoms with Crippen molar-refractivity contribution in [3.63, 3.8) is 0 Å². The molecular formula is C18H14N4O. The molecule has 3 rings (SSSR count). The predicted octanol–water partition coefficient (Wildman–Crippen LogP) is 2.96. The van der Waals surface area contributed by atoms with E-state index in [0.717, 1.165) is 11.3 Å². The van der Waals surface area contributed by atoms with E-state index in [1.165, 1.54) is 6.07 Å². The Bertz CT molecular complexity index is 953. The van der Waals surface area contributed by atoms with Crippen LogP contribution in [0.5, 0.6) is 0 Å². The summed E-state index contributed by atoms with van der Waals surface area (Å²) in [4.78, 5) is 15.5. The van der Waals surface area contributed by atoms with Crippen LogP contribution in [0, 0.1) is 6.57 Å². The van der Waals surface area contributed by atoms with Gasteiger partial charge in [-0.2, -0.15) is 5.10 Å². The molecule has 0 saturated carbocycles. The molecule has 0 aliphatic rings. The van der Waals surface area contributed by atoms with Crippen LogP contribution < -0.4 is 11.2 Å². The molecule has 0 amide bonds. The third kappa shape index (κ3) is 3.27. The van der Waals surface area contributed by atoms with Crippen LogP contribution in [0.4, 0.5) is 11.4 Å². The fraction of sp³-hybridized carbons (Fsp3) is 0.0556. The van der Waals surface area contributed by atoms with E-state index in [1.54, 1.807) is 35.1 Å². The number of aromatic nitrogens is 2. The Morgan fingerprint density at radius 3 is 2.74 bits per heavy atom. The molecule has 2 N–H and O–H groups in total. The van der Waals surface area contributed by atoms with E-state index in [-0.39, 0.29) is 5.43 Å². The molecule has 0 fully saturated rings. The van der Waals surface area contributed by atoms with Crippen molar-refractivity contribution in [1.29, 1.82) is 0 Å². The van der Waals surface area contributed by atoms with Crippen LogP contribution >= 0.6 is 0 Å². The van der Waals surface area contributed by atoms with Crippen molar-refractivity contribution < 1.29 is 0 Å². The van der Waals surface area contributed by atoms with Gasteiger partial charge in [-0.1, -0.05) is 24.3 Å². The fourth-order valence-corrected chi connectivity index (χ4v) is 2.31. The highest BCUT2D eigenvalue weighted by Crippen LogP contribution is 2.16. The highest BCUT2D eigenvalue weighted by atomic mass is 16.1. The monoisotopic (exact) mass is 302 g/mol. The Morgan fingerprint density at radius 2 is 1.96 bits per heavy atom. The molecule has 0 atom stereocenters. The molecule has 0 spiro atoms. The minimum absolute atomic E-state index is 0.120. The Kier molecular flexibility index (Phi) is 3.89. The summed E-state index contributed by atoms with van der Waals surface area (Å²) in [5, 5.41) is 4.40. The smallest absolute Gasteiger partial charge is 0.203 e. The van der Waals surface area contributed by atoms with E-state index in [0.29, 0.717) is 23.5 Å². The second kappa shape index (κ2) is 6.16. The molecule has 1 heterocycles.